The monoisotopic (exact) mass is 238 g/mol. The molecule has 0 aliphatic heterocycles. The standard InChI is InChI=1S/C9H20ClN2OP/c1-6-13-14(10,7-11)12(8(2)3)9(4)5/h8-9,14H,6H2,1-5H3. The van der Waals surface area contributed by atoms with Crippen LogP contribution in [-0.4, -0.2) is 23.4 Å². The summed E-state index contributed by atoms with van der Waals surface area (Å²) < 4.78 is 7.42. The van der Waals surface area contributed by atoms with Crippen molar-refractivity contribution in [3.63, 3.8) is 0 Å². The van der Waals surface area contributed by atoms with Gasteiger partial charge in [-0.3, -0.25) is 0 Å². The average molecular weight is 239 g/mol. The number of nitriles is 1. The molecule has 0 aliphatic carbocycles. The van der Waals surface area contributed by atoms with Gasteiger partial charge in [-0.2, -0.15) is 0 Å². The molecule has 0 rings (SSSR count). The van der Waals surface area contributed by atoms with Crippen molar-refractivity contribution in [3.8, 4) is 5.81 Å². The molecule has 5 heteroatoms. The first kappa shape index (κ1) is 14.1. The fraction of sp³-hybridized carbons (Fsp3) is 0.889. The summed E-state index contributed by atoms with van der Waals surface area (Å²) in [4.78, 5) is 0. The van der Waals surface area contributed by atoms with E-state index in [4.69, 9.17) is 21.0 Å². The molecule has 0 saturated heterocycles. The molecule has 0 unspecified atom stereocenters. The molecule has 0 aromatic rings. The Morgan fingerprint density at radius 2 is 1.79 bits per heavy atom. The zero-order chi connectivity index (χ0) is 11.4. The Morgan fingerprint density at radius 3 is 2.00 bits per heavy atom. The van der Waals surface area contributed by atoms with E-state index in [1.54, 1.807) is 0 Å². The summed E-state index contributed by atoms with van der Waals surface area (Å²) in [5, 5.41) is 9.10. The first-order valence-electron chi connectivity index (χ1n) is 4.91. The second-order valence-corrected chi connectivity index (χ2v) is 7.39. The van der Waals surface area contributed by atoms with Crippen LogP contribution in [0, 0.1) is 11.1 Å². The van der Waals surface area contributed by atoms with Crippen LogP contribution >= 0.6 is 18.2 Å². The van der Waals surface area contributed by atoms with Crippen molar-refractivity contribution in [2.24, 2.45) is 0 Å². The number of rotatable bonds is 5. The number of hydrogen-bond donors (Lipinski definition) is 0. The summed E-state index contributed by atoms with van der Waals surface area (Å²) in [6.45, 7) is 7.59. The van der Waals surface area contributed by atoms with Crippen LogP contribution in [0.4, 0.5) is 0 Å². The van der Waals surface area contributed by atoms with Gasteiger partial charge in [0.25, 0.3) is 0 Å². The van der Waals surface area contributed by atoms with Gasteiger partial charge in [0, 0.05) is 0 Å². The van der Waals surface area contributed by atoms with Crippen LogP contribution in [0.3, 0.4) is 0 Å². The van der Waals surface area contributed by atoms with Crippen molar-refractivity contribution in [2.75, 3.05) is 6.61 Å². The first-order valence-corrected chi connectivity index (χ1v) is 7.78. The third-order valence-electron chi connectivity index (χ3n) is 1.92. The van der Waals surface area contributed by atoms with Crippen molar-refractivity contribution in [2.45, 2.75) is 46.7 Å². The van der Waals surface area contributed by atoms with Gasteiger partial charge in [-0.05, 0) is 0 Å². The van der Waals surface area contributed by atoms with Gasteiger partial charge in [0.05, 0.1) is 0 Å². The Labute approximate surface area is 92.2 Å². The Balaban J connectivity index is 4.86. The second-order valence-electron chi connectivity index (χ2n) is 3.70. The summed E-state index contributed by atoms with van der Waals surface area (Å²) in [6, 6.07) is 0.454. The molecule has 0 bridgehead atoms. The van der Waals surface area contributed by atoms with Gasteiger partial charge < -0.3 is 0 Å². The maximum atomic E-state index is 9.10. The summed E-state index contributed by atoms with van der Waals surface area (Å²) in [7, 11) is 0. The molecule has 0 radical (unpaired) electrons. The Morgan fingerprint density at radius 1 is 1.36 bits per heavy atom. The molecule has 0 atom stereocenters. The van der Waals surface area contributed by atoms with E-state index < -0.39 is 6.99 Å². The Hall–Kier alpha value is 0.130. The summed E-state index contributed by atoms with van der Waals surface area (Å²) in [6.07, 6.45) is 0. The summed E-state index contributed by atoms with van der Waals surface area (Å²) >= 11 is 6.26. The molecule has 0 fully saturated rings. The zero-order valence-electron chi connectivity index (χ0n) is 9.54. The number of hydrogen-bond acceptors (Lipinski definition) is 3. The van der Waals surface area contributed by atoms with Crippen LogP contribution in [0.5, 0.6) is 0 Å². The van der Waals surface area contributed by atoms with Crippen LogP contribution in [0.25, 0.3) is 0 Å². The quantitative estimate of drug-likeness (QED) is 0.689. The van der Waals surface area contributed by atoms with Crippen molar-refractivity contribution >= 4 is 18.2 Å². The summed E-state index contributed by atoms with van der Waals surface area (Å²) in [5.74, 6) is 2.15. The van der Waals surface area contributed by atoms with Crippen molar-refractivity contribution in [1.82, 2.24) is 4.67 Å². The molecule has 3 nitrogen and oxygen atoms in total. The van der Waals surface area contributed by atoms with Gasteiger partial charge in [-0.1, -0.05) is 0 Å². The van der Waals surface area contributed by atoms with E-state index >= 15 is 0 Å². The molecule has 0 aliphatic rings. The van der Waals surface area contributed by atoms with Gasteiger partial charge in [0.2, 0.25) is 0 Å². The second kappa shape index (κ2) is 5.88. The molecular formula is C9H20ClN2OP. The van der Waals surface area contributed by atoms with E-state index in [0.29, 0.717) is 6.61 Å². The molecular weight excluding hydrogens is 219 g/mol. The average Bonchev–Trinajstić information content (AvgIpc) is 2.03. The van der Waals surface area contributed by atoms with Gasteiger partial charge in [-0.25, -0.2) is 0 Å². The topological polar surface area (TPSA) is 36.3 Å². The fourth-order valence-corrected chi connectivity index (χ4v) is 5.15. The predicted molar refractivity (Wildman–Crippen MR) is 63.5 cm³/mol. The van der Waals surface area contributed by atoms with Gasteiger partial charge in [-0.15, -0.1) is 0 Å². The predicted octanol–water partition coefficient (Wildman–Crippen LogP) is 3.36. The SMILES string of the molecule is CCO[PH](Cl)(C#N)N(C(C)C)C(C)C. The number of halogens is 1. The molecule has 14 heavy (non-hydrogen) atoms. The molecule has 0 aromatic carbocycles. The van der Waals surface area contributed by atoms with Crippen LogP contribution in [0.15, 0.2) is 0 Å². The van der Waals surface area contributed by atoms with Gasteiger partial charge in [0.15, 0.2) is 0 Å². The zero-order valence-corrected chi connectivity index (χ0v) is 11.3. The third kappa shape index (κ3) is 3.37. The van der Waals surface area contributed by atoms with Crippen molar-refractivity contribution in [3.05, 3.63) is 0 Å². The van der Waals surface area contributed by atoms with Crippen LogP contribution in [-0.2, 0) is 4.52 Å². The molecule has 0 aromatic heterocycles. The first-order chi connectivity index (χ1) is 6.39. The fourth-order valence-electron chi connectivity index (χ4n) is 1.62. The van der Waals surface area contributed by atoms with E-state index in [1.807, 2.05) is 39.3 Å². The summed E-state index contributed by atoms with van der Waals surface area (Å²) in [5.41, 5.74) is 0. The van der Waals surface area contributed by atoms with Crippen molar-refractivity contribution < 1.29 is 4.52 Å². The Bertz CT molecular complexity index is 209. The van der Waals surface area contributed by atoms with Crippen LogP contribution in [0.1, 0.15) is 34.6 Å². The maximum absolute atomic E-state index is 9.10. The molecule has 0 N–H and O–H groups in total. The van der Waals surface area contributed by atoms with Gasteiger partial charge >= 0.3 is 91.8 Å². The molecule has 0 heterocycles. The molecule has 0 saturated carbocycles. The normalized spacial score (nSPS) is 13.7. The molecule has 0 spiro atoms. The van der Waals surface area contributed by atoms with Gasteiger partial charge in [0.1, 0.15) is 0 Å². The molecule has 84 valence electrons. The van der Waals surface area contributed by atoms with E-state index in [0.717, 1.165) is 0 Å². The minimum absolute atomic E-state index is 0.227. The van der Waals surface area contributed by atoms with E-state index in [1.165, 1.54) is 0 Å². The molecule has 0 amide bonds. The third-order valence-corrected chi connectivity index (χ3v) is 5.73. The number of nitrogens with zero attached hydrogens (tertiary/aromatic N) is 2. The van der Waals surface area contributed by atoms with E-state index in [2.05, 4.69) is 5.81 Å². The van der Waals surface area contributed by atoms with Crippen molar-refractivity contribution in [1.29, 1.82) is 5.26 Å². The van der Waals surface area contributed by atoms with E-state index in [-0.39, 0.29) is 12.1 Å². The Kier molecular flexibility index (Phi) is 5.93. The van der Waals surface area contributed by atoms with Crippen LogP contribution < -0.4 is 0 Å². The van der Waals surface area contributed by atoms with Crippen LogP contribution in [0.2, 0.25) is 0 Å². The van der Waals surface area contributed by atoms with E-state index in [9.17, 15) is 0 Å². The minimum atomic E-state index is -2.87.